The number of fused-ring (bicyclic) bond motifs is 1. The first kappa shape index (κ1) is 30.5. The smallest absolute Gasteiger partial charge is 0.305 e. The van der Waals surface area contributed by atoms with E-state index in [1.165, 1.54) is 19.2 Å². The molecule has 1 heterocycles. The Kier molecular flexibility index (Phi) is 10.1. The van der Waals surface area contributed by atoms with Gasteiger partial charge in [0, 0.05) is 36.8 Å². The van der Waals surface area contributed by atoms with E-state index in [9.17, 15) is 18.8 Å². The number of hydrogen-bond donors (Lipinski definition) is 2. The van der Waals surface area contributed by atoms with Crippen molar-refractivity contribution < 1.29 is 23.5 Å². The zero-order valence-electron chi connectivity index (χ0n) is 24.5. The number of halogens is 1. The highest BCUT2D eigenvalue weighted by Crippen LogP contribution is 2.38. The van der Waals surface area contributed by atoms with Crippen LogP contribution in [0.1, 0.15) is 42.4 Å². The third kappa shape index (κ3) is 7.61. The average molecular weight is 573 g/mol. The highest BCUT2D eigenvalue weighted by Gasteiger charge is 2.29. The van der Waals surface area contributed by atoms with Crippen molar-refractivity contribution in [3.63, 3.8) is 0 Å². The minimum Gasteiger partial charge on any atom is -0.469 e. The van der Waals surface area contributed by atoms with Crippen molar-refractivity contribution in [1.29, 1.82) is 0 Å². The molecule has 0 fully saturated rings. The normalized spacial score (nSPS) is 13.4. The number of hydrogen-bond acceptors (Lipinski definition) is 6. The maximum Gasteiger partial charge on any atom is 0.305 e. The Bertz CT molecular complexity index is 1470. The first-order chi connectivity index (χ1) is 20.2. The quantitative estimate of drug-likeness (QED) is 0.168. The van der Waals surface area contributed by atoms with Gasteiger partial charge in [0.25, 0.3) is 5.91 Å². The van der Waals surface area contributed by atoms with Crippen molar-refractivity contribution in [2.75, 3.05) is 50.3 Å². The lowest BCUT2D eigenvalue weighted by Gasteiger charge is -2.19. The number of nitrogens with one attached hydrogen (secondary N) is 2. The molecule has 0 saturated heterocycles. The van der Waals surface area contributed by atoms with Gasteiger partial charge in [0.1, 0.15) is 5.82 Å². The summed E-state index contributed by atoms with van der Waals surface area (Å²) < 4.78 is 18.7. The highest BCUT2D eigenvalue weighted by atomic mass is 19.1. The summed E-state index contributed by atoms with van der Waals surface area (Å²) in [5, 5.41) is 6.16. The van der Waals surface area contributed by atoms with Crippen LogP contribution in [0.4, 0.5) is 21.5 Å². The molecule has 42 heavy (non-hydrogen) atoms. The summed E-state index contributed by atoms with van der Waals surface area (Å²) in [5.41, 5.74) is 5.11. The van der Waals surface area contributed by atoms with Crippen LogP contribution in [-0.4, -0.2) is 57.5 Å². The molecule has 2 N–H and O–H groups in total. The molecular formula is C33H37FN4O4. The molecule has 1 aliphatic heterocycles. The van der Waals surface area contributed by atoms with Gasteiger partial charge in [-0.3, -0.25) is 14.4 Å². The number of ether oxygens (including phenoxy) is 1. The number of carbonyl (C=O) groups excluding carboxylic acids is 3. The molecule has 9 heteroatoms. The molecule has 0 unspecified atom stereocenters. The van der Waals surface area contributed by atoms with Gasteiger partial charge in [-0.2, -0.15) is 0 Å². The van der Waals surface area contributed by atoms with Crippen LogP contribution in [0.5, 0.6) is 0 Å². The van der Waals surface area contributed by atoms with E-state index >= 15 is 0 Å². The second-order valence-electron chi connectivity index (χ2n) is 10.6. The zero-order chi connectivity index (χ0) is 30.2. The maximum absolute atomic E-state index is 13.9. The van der Waals surface area contributed by atoms with E-state index < -0.39 is 5.82 Å². The summed E-state index contributed by atoms with van der Waals surface area (Å²) in [6.07, 6.45) is 3.06. The Morgan fingerprint density at radius 1 is 0.929 bits per heavy atom. The standard InChI is InChI=1S/C33H37FN4O4/c1-37(2)20-6-5-7-29(39)38(3)26-16-14-25(15-17-26)35-32(23-11-8-22(9-12-23)10-19-30(40)42-4)31-27-18-13-24(34)21-28(27)36-33(31)41/h8-9,11-18,21,35H,5-7,10,19-20H2,1-4H3,(H,36,41)/b32-31-. The SMILES string of the molecule is COC(=O)CCc1ccc(/C(Nc2ccc(N(C)C(=O)CCCCN(C)C)cc2)=C2/C(=O)Nc3cc(F)ccc32)cc1. The number of unbranched alkanes of at least 4 members (excludes halogenated alkanes) is 1. The molecule has 220 valence electrons. The van der Waals surface area contributed by atoms with Gasteiger partial charge < -0.3 is 25.2 Å². The number of methoxy groups -OCH3 is 1. The molecule has 0 saturated carbocycles. The molecule has 3 aromatic carbocycles. The van der Waals surface area contributed by atoms with E-state index in [4.69, 9.17) is 4.74 Å². The van der Waals surface area contributed by atoms with Gasteiger partial charge in [-0.25, -0.2) is 4.39 Å². The third-order valence-corrected chi connectivity index (χ3v) is 7.21. The average Bonchev–Trinajstić information content (AvgIpc) is 3.31. The van der Waals surface area contributed by atoms with E-state index in [1.54, 1.807) is 18.0 Å². The van der Waals surface area contributed by atoms with Gasteiger partial charge in [-0.1, -0.05) is 24.3 Å². The lowest BCUT2D eigenvalue weighted by molar-refractivity contribution is -0.140. The Balaban J connectivity index is 1.59. The summed E-state index contributed by atoms with van der Waals surface area (Å²) in [7, 11) is 7.17. The van der Waals surface area contributed by atoms with Gasteiger partial charge in [0.05, 0.1) is 24.1 Å². The number of rotatable bonds is 12. The van der Waals surface area contributed by atoms with Crippen LogP contribution in [0.3, 0.4) is 0 Å². The predicted octanol–water partition coefficient (Wildman–Crippen LogP) is 5.56. The van der Waals surface area contributed by atoms with Gasteiger partial charge in [-0.15, -0.1) is 0 Å². The van der Waals surface area contributed by atoms with Crippen LogP contribution in [0.15, 0.2) is 66.7 Å². The molecular weight excluding hydrogens is 535 g/mol. The summed E-state index contributed by atoms with van der Waals surface area (Å²) in [5.74, 6) is -1.01. The largest absolute Gasteiger partial charge is 0.469 e. The molecule has 1 aliphatic rings. The molecule has 3 aromatic rings. The fourth-order valence-corrected chi connectivity index (χ4v) is 4.79. The Morgan fingerprint density at radius 2 is 1.64 bits per heavy atom. The van der Waals surface area contributed by atoms with Crippen LogP contribution in [-0.2, 0) is 25.5 Å². The van der Waals surface area contributed by atoms with E-state index in [2.05, 4.69) is 15.5 Å². The maximum atomic E-state index is 13.9. The van der Waals surface area contributed by atoms with Crippen LogP contribution < -0.4 is 15.5 Å². The van der Waals surface area contributed by atoms with Gasteiger partial charge in [0.15, 0.2) is 0 Å². The molecule has 0 aliphatic carbocycles. The summed E-state index contributed by atoms with van der Waals surface area (Å²) >= 11 is 0. The van der Waals surface area contributed by atoms with E-state index in [-0.39, 0.29) is 24.2 Å². The van der Waals surface area contributed by atoms with Gasteiger partial charge >= 0.3 is 5.97 Å². The Hall–Kier alpha value is -4.50. The summed E-state index contributed by atoms with van der Waals surface area (Å²) in [4.78, 5) is 41.2. The first-order valence-electron chi connectivity index (χ1n) is 14.0. The number of benzene rings is 3. The second kappa shape index (κ2) is 13.9. The molecule has 2 amide bonds. The van der Waals surface area contributed by atoms with Crippen LogP contribution in [0.25, 0.3) is 11.3 Å². The summed E-state index contributed by atoms with van der Waals surface area (Å²) in [6, 6.07) is 19.2. The van der Waals surface area contributed by atoms with Gasteiger partial charge in [0.2, 0.25) is 5.91 Å². The molecule has 0 bridgehead atoms. The minimum atomic E-state index is -0.438. The van der Waals surface area contributed by atoms with Crippen LogP contribution >= 0.6 is 0 Å². The number of esters is 1. The predicted molar refractivity (Wildman–Crippen MR) is 165 cm³/mol. The van der Waals surface area contributed by atoms with E-state index in [0.29, 0.717) is 41.1 Å². The fourth-order valence-electron chi connectivity index (χ4n) is 4.79. The number of amides is 2. The minimum absolute atomic E-state index is 0.0519. The Labute approximate surface area is 246 Å². The molecule has 4 rings (SSSR count). The second-order valence-corrected chi connectivity index (χ2v) is 10.6. The topological polar surface area (TPSA) is 91.0 Å². The number of carbonyl (C=O) groups is 3. The first-order valence-corrected chi connectivity index (χ1v) is 14.0. The number of anilines is 3. The molecule has 0 atom stereocenters. The molecule has 0 aromatic heterocycles. The Morgan fingerprint density at radius 3 is 2.31 bits per heavy atom. The van der Waals surface area contributed by atoms with Crippen molar-refractivity contribution in [2.24, 2.45) is 0 Å². The fraction of sp³-hybridized carbons (Fsp3) is 0.303. The third-order valence-electron chi connectivity index (χ3n) is 7.21. The highest BCUT2D eigenvalue weighted by molar-refractivity contribution is 6.37. The van der Waals surface area contributed by atoms with E-state index in [1.807, 2.05) is 62.6 Å². The summed E-state index contributed by atoms with van der Waals surface area (Å²) in [6.45, 7) is 0.947. The van der Waals surface area contributed by atoms with Crippen molar-refractivity contribution in [2.45, 2.75) is 32.1 Å². The number of aryl methyl sites for hydroxylation is 1. The van der Waals surface area contributed by atoms with Crippen molar-refractivity contribution in [3.05, 3.63) is 89.2 Å². The van der Waals surface area contributed by atoms with Gasteiger partial charge in [-0.05, 0) is 93.5 Å². The molecule has 0 spiro atoms. The van der Waals surface area contributed by atoms with Crippen molar-refractivity contribution in [3.8, 4) is 0 Å². The number of nitrogens with zero attached hydrogens (tertiary/aromatic N) is 2. The van der Waals surface area contributed by atoms with E-state index in [0.717, 1.165) is 36.2 Å². The lowest BCUT2D eigenvalue weighted by atomic mass is 9.98. The van der Waals surface area contributed by atoms with Crippen molar-refractivity contribution in [1.82, 2.24) is 4.90 Å². The zero-order valence-corrected chi connectivity index (χ0v) is 24.5. The lowest BCUT2D eigenvalue weighted by Crippen LogP contribution is -2.26. The molecule has 0 radical (unpaired) electrons. The molecule has 8 nitrogen and oxygen atoms in total. The monoisotopic (exact) mass is 572 g/mol. The van der Waals surface area contributed by atoms with Crippen molar-refractivity contribution >= 4 is 46.1 Å². The van der Waals surface area contributed by atoms with Crippen LogP contribution in [0, 0.1) is 5.82 Å². The van der Waals surface area contributed by atoms with Crippen LogP contribution in [0.2, 0.25) is 0 Å².